The van der Waals surface area contributed by atoms with Crippen LogP contribution in [0.15, 0.2) is 10.7 Å². The summed E-state index contributed by atoms with van der Waals surface area (Å²) in [5.41, 5.74) is 0. The number of rotatable bonds is 2. The number of anilines is 1. The summed E-state index contributed by atoms with van der Waals surface area (Å²) >= 11 is 3.52. The Hall–Kier alpha value is -0.640. The first-order valence-corrected chi connectivity index (χ1v) is 7.72. The SMILES string of the molecule is CC1CCN(c2cc(Br)nc(C3CC3)n2)CC1C. The van der Waals surface area contributed by atoms with Gasteiger partial charge in [-0.1, -0.05) is 13.8 Å². The van der Waals surface area contributed by atoms with Crippen LogP contribution in [0.4, 0.5) is 5.82 Å². The average Bonchev–Trinajstić information content (AvgIpc) is 3.16. The Balaban J connectivity index is 1.82. The molecule has 2 heterocycles. The van der Waals surface area contributed by atoms with E-state index in [1.165, 1.54) is 19.3 Å². The van der Waals surface area contributed by atoms with E-state index >= 15 is 0 Å². The van der Waals surface area contributed by atoms with Crippen LogP contribution in [0, 0.1) is 11.8 Å². The molecule has 3 nitrogen and oxygen atoms in total. The Bertz CT molecular complexity index is 445. The van der Waals surface area contributed by atoms with Gasteiger partial charge in [-0.2, -0.15) is 0 Å². The zero-order chi connectivity index (χ0) is 12.7. The lowest BCUT2D eigenvalue weighted by atomic mass is 9.89. The van der Waals surface area contributed by atoms with Gasteiger partial charge in [0.15, 0.2) is 0 Å². The standard InChI is InChI=1S/C14H20BrN3/c1-9-5-6-18(8-10(9)2)13-7-12(15)16-14(17-13)11-3-4-11/h7,9-11H,3-6,8H2,1-2H3. The van der Waals surface area contributed by atoms with Crippen LogP contribution >= 0.6 is 15.9 Å². The lowest BCUT2D eigenvalue weighted by molar-refractivity contribution is 0.322. The molecule has 0 spiro atoms. The van der Waals surface area contributed by atoms with Crippen LogP contribution in [0.3, 0.4) is 0 Å². The van der Waals surface area contributed by atoms with E-state index in [0.29, 0.717) is 5.92 Å². The minimum absolute atomic E-state index is 0.613. The number of hydrogen-bond acceptors (Lipinski definition) is 3. The summed E-state index contributed by atoms with van der Waals surface area (Å²) < 4.78 is 0.931. The second-order valence-corrected chi connectivity index (χ2v) is 6.68. The summed E-state index contributed by atoms with van der Waals surface area (Å²) in [5.74, 6) is 4.33. The highest BCUT2D eigenvalue weighted by molar-refractivity contribution is 9.10. The monoisotopic (exact) mass is 309 g/mol. The zero-order valence-corrected chi connectivity index (χ0v) is 12.7. The first-order chi connectivity index (χ1) is 8.63. The summed E-state index contributed by atoms with van der Waals surface area (Å²) in [6, 6.07) is 2.06. The maximum absolute atomic E-state index is 4.76. The number of nitrogens with zero attached hydrogens (tertiary/aromatic N) is 3. The highest BCUT2D eigenvalue weighted by atomic mass is 79.9. The molecule has 1 aromatic heterocycles. The van der Waals surface area contributed by atoms with E-state index in [1.54, 1.807) is 0 Å². The predicted molar refractivity (Wildman–Crippen MR) is 76.9 cm³/mol. The third-order valence-electron chi connectivity index (χ3n) is 4.30. The van der Waals surface area contributed by atoms with Crippen LogP contribution in [-0.2, 0) is 0 Å². The Morgan fingerprint density at radius 1 is 1.17 bits per heavy atom. The van der Waals surface area contributed by atoms with Crippen LogP contribution in [0.2, 0.25) is 0 Å². The predicted octanol–water partition coefficient (Wildman–Crippen LogP) is 3.60. The quantitative estimate of drug-likeness (QED) is 0.782. The third kappa shape index (κ3) is 2.53. The summed E-state index contributed by atoms with van der Waals surface area (Å²) in [7, 11) is 0. The second-order valence-electron chi connectivity index (χ2n) is 5.87. The number of hydrogen-bond donors (Lipinski definition) is 0. The highest BCUT2D eigenvalue weighted by Crippen LogP contribution is 2.39. The third-order valence-corrected chi connectivity index (χ3v) is 4.71. The van der Waals surface area contributed by atoms with Crippen molar-refractivity contribution in [3.8, 4) is 0 Å². The molecule has 4 heteroatoms. The van der Waals surface area contributed by atoms with Crippen molar-refractivity contribution in [2.24, 2.45) is 11.8 Å². The van der Waals surface area contributed by atoms with Gasteiger partial charge in [0.2, 0.25) is 0 Å². The van der Waals surface area contributed by atoms with Crippen molar-refractivity contribution in [1.29, 1.82) is 0 Å². The van der Waals surface area contributed by atoms with Gasteiger partial charge < -0.3 is 4.90 Å². The fourth-order valence-corrected chi connectivity index (χ4v) is 2.97. The van der Waals surface area contributed by atoms with E-state index in [-0.39, 0.29) is 0 Å². The van der Waals surface area contributed by atoms with Crippen molar-refractivity contribution in [1.82, 2.24) is 9.97 Å². The molecule has 0 radical (unpaired) electrons. The second kappa shape index (κ2) is 4.80. The highest BCUT2D eigenvalue weighted by Gasteiger charge is 2.29. The molecule has 1 saturated carbocycles. The molecule has 2 atom stereocenters. The molecule has 0 N–H and O–H groups in total. The molecule has 1 aliphatic carbocycles. The van der Waals surface area contributed by atoms with Gasteiger partial charge in [-0.25, -0.2) is 9.97 Å². The molecule has 2 aliphatic rings. The molecule has 98 valence electrons. The molecule has 18 heavy (non-hydrogen) atoms. The van der Waals surface area contributed by atoms with Gasteiger partial charge in [-0.05, 0) is 47.0 Å². The summed E-state index contributed by atoms with van der Waals surface area (Å²) in [6.07, 6.45) is 3.77. The fourth-order valence-electron chi connectivity index (χ4n) is 2.58. The topological polar surface area (TPSA) is 29.0 Å². The van der Waals surface area contributed by atoms with Crippen LogP contribution in [0.25, 0.3) is 0 Å². The van der Waals surface area contributed by atoms with Gasteiger partial charge in [0.1, 0.15) is 16.2 Å². The summed E-state index contributed by atoms with van der Waals surface area (Å²) in [4.78, 5) is 11.7. The molecular weight excluding hydrogens is 290 g/mol. The van der Waals surface area contributed by atoms with Crippen LogP contribution in [0.5, 0.6) is 0 Å². The molecule has 2 fully saturated rings. The van der Waals surface area contributed by atoms with Crippen molar-refractivity contribution in [3.63, 3.8) is 0 Å². The van der Waals surface area contributed by atoms with Crippen LogP contribution in [-0.4, -0.2) is 23.1 Å². The summed E-state index contributed by atoms with van der Waals surface area (Å²) in [6.45, 7) is 6.94. The number of aromatic nitrogens is 2. The molecule has 1 saturated heterocycles. The minimum Gasteiger partial charge on any atom is -0.356 e. The number of halogens is 1. The van der Waals surface area contributed by atoms with E-state index in [2.05, 4.69) is 45.7 Å². The molecule has 3 rings (SSSR count). The Labute approximate surface area is 117 Å². The smallest absolute Gasteiger partial charge is 0.135 e. The molecular formula is C14H20BrN3. The van der Waals surface area contributed by atoms with Crippen molar-refractivity contribution in [2.75, 3.05) is 18.0 Å². The van der Waals surface area contributed by atoms with Crippen molar-refractivity contribution in [2.45, 2.75) is 39.0 Å². The molecule has 0 amide bonds. The first-order valence-electron chi connectivity index (χ1n) is 6.93. The van der Waals surface area contributed by atoms with Gasteiger partial charge in [0, 0.05) is 25.1 Å². The fraction of sp³-hybridized carbons (Fsp3) is 0.714. The number of piperidine rings is 1. The molecule has 1 aromatic rings. The average molecular weight is 310 g/mol. The van der Waals surface area contributed by atoms with Crippen molar-refractivity contribution < 1.29 is 0 Å². The van der Waals surface area contributed by atoms with Gasteiger partial charge >= 0.3 is 0 Å². The largest absolute Gasteiger partial charge is 0.356 e. The van der Waals surface area contributed by atoms with Crippen molar-refractivity contribution in [3.05, 3.63) is 16.5 Å². The van der Waals surface area contributed by atoms with E-state index in [9.17, 15) is 0 Å². The van der Waals surface area contributed by atoms with Gasteiger partial charge in [0.25, 0.3) is 0 Å². The van der Waals surface area contributed by atoms with Crippen molar-refractivity contribution >= 4 is 21.7 Å². The Morgan fingerprint density at radius 3 is 2.61 bits per heavy atom. The maximum atomic E-state index is 4.76. The first kappa shape index (κ1) is 12.4. The lowest BCUT2D eigenvalue weighted by Gasteiger charge is -2.36. The molecule has 0 bridgehead atoms. The van der Waals surface area contributed by atoms with Gasteiger partial charge in [-0.15, -0.1) is 0 Å². The lowest BCUT2D eigenvalue weighted by Crippen LogP contribution is -2.39. The van der Waals surface area contributed by atoms with E-state index in [0.717, 1.165) is 41.2 Å². The van der Waals surface area contributed by atoms with Gasteiger partial charge in [0.05, 0.1) is 0 Å². The maximum Gasteiger partial charge on any atom is 0.135 e. The Morgan fingerprint density at radius 2 is 1.94 bits per heavy atom. The summed E-state index contributed by atoms with van der Waals surface area (Å²) in [5, 5.41) is 0. The van der Waals surface area contributed by atoms with E-state index < -0.39 is 0 Å². The normalized spacial score (nSPS) is 28.5. The van der Waals surface area contributed by atoms with Gasteiger partial charge in [-0.3, -0.25) is 0 Å². The minimum atomic E-state index is 0.613. The van der Waals surface area contributed by atoms with E-state index in [4.69, 9.17) is 4.98 Å². The van der Waals surface area contributed by atoms with Crippen LogP contribution < -0.4 is 4.90 Å². The zero-order valence-electron chi connectivity index (χ0n) is 11.1. The molecule has 2 unspecified atom stereocenters. The van der Waals surface area contributed by atoms with E-state index in [1.807, 2.05) is 0 Å². The Kier molecular flexibility index (Phi) is 3.31. The molecule has 0 aromatic carbocycles. The van der Waals surface area contributed by atoms with Crippen LogP contribution in [0.1, 0.15) is 44.9 Å². The molecule has 1 aliphatic heterocycles.